The van der Waals surface area contributed by atoms with Gasteiger partial charge in [-0.2, -0.15) is 0 Å². The van der Waals surface area contributed by atoms with E-state index >= 15 is 0 Å². The number of rotatable bonds is 6. The van der Waals surface area contributed by atoms with Crippen molar-refractivity contribution in [1.29, 1.82) is 0 Å². The molecular formula is C11H18N4O2S. The quantitative estimate of drug-likeness (QED) is 0.805. The van der Waals surface area contributed by atoms with Crippen LogP contribution in [0.5, 0.6) is 0 Å². The first-order valence-electron chi connectivity index (χ1n) is 6.11. The molecule has 1 heterocycles. The highest BCUT2D eigenvalue weighted by Crippen LogP contribution is 2.28. The van der Waals surface area contributed by atoms with E-state index in [-0.39, 0.29) is 4.90 Å². The van der Waals surface area contributed by atoms with E-state index in [2.05, 4.69) is 20.0 Å². The molecule has 0 amide bonds. The molecule has 0 spiro atoms. The van der Waals surface area contributed by atoms with Gasteiger partial charge in [0.15, 0.2) is 0 Å². The van der Waals surface area contributed by atoms with Crippen molar-refractivity contribution >= 4 is 16.0 Å². The Morgan fingerprint density at radius 3 is 2.50 bits per heavy atom. The van der Waals surface area contributed by atoms with E-state index in [4.69, 9.17) is 0 Å². The van der Waals surface area contributed by atoms with E-state index in [0.717, 1.165) is 6.42 Å². The molecule has 0 radical (unpaired) electrons. The van der Waals surface area contributed by atoms with Crippen molar-refractivity contribution in [2.75, 3.05) is 18.9 Å². The Balaban J connectivity index is 1.91. The van der Waals surface area contributed by atoms with Gasteiger partial charge >= 0.3 is 0 Å². The molecule has 1 saturated carbocycles. The first-order chi connectivity index (χ1) is 8.62. The lowest BCUT2D eigenvalue weighted by Crippen LogP contribution is -2.27. The van der Waals surface area contributed by atoms with Gasteiger partial charge in [-0.3, -0.25) is 0 Å². The summed E-state index contributed by atoms with van der Waals surface area (Å²) in [6.07, 6.45) is 7.25. The fraction of sp³-hybridized carbons (Fsp3) is 0.636. The summed E-state index contributed by atoms with van der Waals surface area (Å²) in [5.74, 6) is 1.10. The Labute approximate surface area is 107 Å². The first-order valence-corrected chi connectivity index (χ1v) is 7.59. The molecule has 0 atom stereocenters. The van der Waals surface area contributed by atoms with E-state index in [1.165, 1.54) is 31.7 Å². The van der Waals surface area contributed by atoms with Gasteiger partial charge in [-0.25, -0.2) is 23.1 Å². The predicted octanol–water partition coefficient (Wildman–Crippen LogP) is 0.987. The largest absolute Gasteiger partial charge is 0.357 e. The molecule has 100 valence electrons. The maximum Gasteiger partial charge on any atom is 0.243 e. The van der Waals surface area contributed by atoms with E-state index < -0.39 is 10.0 Å². The third-order valence-corrected chi connectivity index (χ3v) is 4.65. The molecule has 0 unspecified atom stereocenters. The number of nitrogens with one attached hydrogen (secondary N) is 2. The van der Waals surface area contributed by atoms with Crippen molar-refractivity contribution < 1.29 is 8.42 Å². The molecule has 1 aromatic heterocycles. The fourth-order valence-corrected chi connectivity index (χ4v) is 2.78. The van der Waals surface area contributed by atoms with E-state index in [1.807, 2.05) is 0 Å². The third-order valence-electron chi connectivity index (χ3n) is 3.23. The van der Waals surface area contributed by atoms with Crippen LogP contribution >= 0.6 is 0 Å². The van der Waals surface area contributed by atoms with Crippen LogP contribution in [0.25, 0.3) is 0 Å². The van der Waals surface area contributed by atoms with Crippen LogP contribution in [-0.4, -0.2) is 32.0 Å². The van der Waals surface area contributed by atoms with Crippen molar-refractivity contribution in [2.24, 2.45) is 5.92 Å². The molecule has 0 saturated heterocycles. The molecule has 0 bridgehead atoms. The minimum absolute atomic E-state index is 0.107. The monoisotopic (exact) mass is 270 g/mol. The van der Waals surface area contributed by atoms with Crippen LogP contribution in [0.3, 0.4) is 0 Å². The molecule has 1 aliphatic rings. The second-order valence-electron chi connectivity index (χ2n) is 4.48. The van der Waals surface area contributed by atoms with Crippen LogP contribution in [0.1, 0.15) is 25.7 Å². The zero-order valence-electron chi connectivity index (χ0n) is 10.4. The van der Waals surface area contributed by atoms with Gasteiger partial charge in [0.1, 0.15) is 4.90 Å². The zero-order chi connectivity index (χ0) is 13.0. The van der Waals surface area contributed by atoms with Crippen LogP contribution in [0.2, 0.25) is 0 Å². The summed E-state index contributed by atoms with van der Waals surface area (Å²) in [5.41, 5.74) is 0. The second kappa shape index (κ2) is 5.62. The number of hydrogen-bond acceptors (Lipinski definition) is 5. The lowest BCUT2D eigenvalue weighted by Gasteiger charge is -2.25. The van der Waals surface area contributed by atoms with Gasteiger partial charge in [-0.15, -0.1) is 0 Å². The summed E-state index contributed by atoms with van der Waals surface area (Å²) >= 11 is 0. The zero-order valence-corrected chi connectivity index (χ0v) is 11.2. The Morgan fingerprint density at radius 2 is 2.00 bits per heavy atom. The van der Waals surface area contributed by atoms with Gasteiger partial charge in [-0.05, 0) is 12.3 Å². The van der Waals surface area contributed by atoms with Crippen molar-refractivity contribution in [1.82, 2.24) is 14.7 Å². The highest BCUT2D eigenvalue weighted by molar-refractivity contribution is 7.89. The average Bonchev–Trinajstić information content (AvgIpc) is 2.32. The number of hydrogen-bond donors (Lipinski definition) is 2. The molecule has 1 aliphatic carbocycles. The maximum absolute atomic E-state index is 11.9. The second-order valence-corrected chi connectivity index (χ2v) is 6.24. The van der Waals surface area contributed by atoms with Crippen LogP contribution in [0.15, 0.2) is 17.3 Å². The van der Waals surface area contributed by atoms with E-state index in [9.17, 15) is 8.42 Å². The lowest BCUT2D eigenvalue weighted by molar-refractivity contribution is 0.297. The van der Waals surface area contributed by atoms with Crippen LogP contribution in [0.4, 0.5) is 5.95 Å². The molecule has 7 heteroatoms. The summed E-state index contributed by atoms with van der Waals surface area (Å²) in [6.45, 7) is 0.487. The lowest BCUT2D eigenvalue weighted by atomic mass is 9.83. The van der Waals surface area contributed by atoms with Crippen molar-refractivity contribution in [3.05, 3.63) is 12.4 Å². The molecule has 2 N–H and O–H groups in total. The fourth-order valence-electron chi connectivity index (χ4n) is 1.85. The molecule has 6 nitrogen and oxygen atoms in total. The summed E-state index contributed by atoms with van der Waals surface area (Å²) in [6, 6.07) is 0. The minimum atomic E-state index is -3.47. The molecule has 0 aliphatic heterocycles. The molecular weight excluding hydrogens is 252 g/mol. The maximum atomic E-state index is 11.9. The highest BCUT2D eigenvalue weighted by Gasteiger charge is 2.19. The smallest absolute Gasteiger partial charge is 0.243 e. The Kier molecular flexibility index (Phi) is 4.13. The van der Waals surface area contributed by atoms with Gasteiger partial charge in [0.25, 0.3) is 0 Å². The van der Waals surface area contributed by atoms with Gasteiger partial charge in [-0.1, -0.05) is 19.3 Å². The standard InChI is InChI=1S/C11H18N4O2S/c1-12-11-13-7-10(8-14-11)18(16,17)15-6-5-9-3-2-4-9/h7-9,15H,2-6H2,1H3,(H,12,13,14). The SMILES string of the molecule is CNc1ncc(S(=O)(=O)NCCC2CCC2)cn1. The Hall–Kier alpha value is -1.21. The Bertz CT molecular complexity index is 482. The third kappa shape index (κ3) is 3.17. The number of sulfonamides is 1. The number of nitrogens with zero attached hydrogens (tertiary/aromatic N) is 2. The summed E-state index contributed by atoms with van der Waals surface area (Å²) in [7, 11) is -1.79. The molecule has 0 aromatic carbocycles. The van der Waals surface area contributed by atoms with Gasteiger partial charge in [0.2, 0.25) is 16.0 Å². The van der Waals surface area contributed by atoms with Crippen LogP contribution in [-0.2, 0) is 10.0 Å². The summed E-state index contributed by atoms with van der Waals surface area (Å²) < 4.78 is 26.4. The van der Waals surface area contributed by atoms with Gasteiger partial charge in [0.05, 0.1) is 12.4 Å². The van der Waals surface area contributed by atoms with Crippen molar-refractivity contribution in [2.45, 2.75) is 30.6 Å². The number of aromatic nitrogens is 2. The molecule has 1 fully saturated rings. The summed E-state index contributed by atoms with van der Waals surface area (Å²) in [4.78, 5) is 7.89. The van der Waals surface area contributed by atoms with Crippen LogP contribution in [0, 0.1) is 5.92 Å². The predicted molar refractivity (Wildman–Crippen MR) is 68.7 cm³/mol. The van der Waals surface area contributed by atoms with Crippen molar-refractivity contribution in [3.63, 3.8) is 0 Å². The Morgan fingerprint density at radius 1 is 1.33 bits per heavy atom. The molecule has 2 rings (SSSR count). The van der Waals surface area contributed by atoms with E-state index in [1.54, 1.807) is 7.05 Å². The molecule has 18 heavy (non-hydrogen) atoms. The van der Waals surface area contributed by atoms with Gasteiger partial charge in [0, 0.05) is 13.6 Å². The molecule has 1 aromatic rings. The van der Waals surface area contributed by atoms with Gasteiger partial charge < -0.3 is 5.32 Å². The van der Waals surface area contributed by atoms with E-state index in [0.29, 0.717) is 18.4 Å². The van der Waals surface area contributed by atoms with Crippen LogP contribution < -0.4 is 10.0 Å². The minimum Gasteiger partial charge on any atom is -0.357 e. The first kappa shape index (κ1) is 13.2. The highest BCUT2D eigenvalue weighted by atomic mass is 32.2. The average molecular weight is 270 g/mol. The normalized spacial score (nSPS) is 16.3. The number of anilines is 1. The van der Waals surface area contributed by atoms with Crippen molar-refractivity contribution in [3.8, 4) is 0 Å². The summed E-state index contributed by atoms with van der Waals surface area (Å²) in [5, 5.41) is 2.74. The topological polar surface area (TPSA) is 84.0 Å².